The van der Waals surface area contributed by atoms with Gasteiger partial charge in [0, 0.05) is 11.7 Å². The number of anilines is 1. The smallest absolute Gasteiger partial charge is 0.0320 e. The van der Waals surface area contributed by atoms with Crippen molar-refractivity contribution in [2.75, 3.05) is 5.73 Å². The van der Waals surface area contributed by atoms with Gasteiger partial charge >= 0.3 is 0 Å². The number of rotatable bonds is 1. The highest BCUT2D eigenvalue weighted by Gasteiger charge is 2.11. The maximum Gasteiger partial charge on any atom is 0.0320 e. The van der Waals surface area contributed by atoms with E-state index in [0.717, 1.165) is 24.9 Å². The van der Waals surface area contributed by atoms with Crippen LogP contribution in [0.25, 0.3) is 23.8 Å². The third-order valence-corrected chi connectivity index (χ3v) is 4.62. The van der Waals surface area contributed by atoms with Crippen molar-refractivity contribution in [3.8, 4) is 0 Å². The van der Waals surface area contributed by atoms with Gasteiger partial charge in [-0.25, -0.2) is 0 Å². The average Bonchev–Trinajstić information content (AvgIpc) is 2.54. The summed E-state index contributed by atoms with van der Waals surface area (Å²) in [5, 5.41) is 5.14. The normalized spacial score (nSPS) is 19.3. The van der Waals surface area contributed by atoms with E-state index >= 15 is 0 Å². The molecule has 2 aliphatic rings. The molecule has 2 aliphatic carbocycles. The third kappa shape index (κ3) is 2.16. The molecule has 0 fully saturated rings. The molecule has 0 unspecified atom stereocenters. The lowest BCUT2D eigenvalue weighted by molar-refractivity contribution is 0.886. The maximum atomic E-state index is 6.14. The second-order valence-corrected chi connectivity index (χ2v) is 6.15. The fourth-order valence-electron chi connectivity index (χ4n) is 3.56. The molecule has 0 aliphatic heterocycles. The van der Waals surface area contributed by atoms with E-state index in [1.165, 1.54) is 32.0 Å². The molecule has 0 bridgehead atoms. The van der Waals surface area contributed by atoms with Crippen molar-refractivity contribution < 1.29 is 0 Å². The number of nitrogens with two attached hydrogens (primary N) is 2. The van der Waals surface area contributed by atoms with Crippen LogP contribution in [0.3, 0.4) is 0 Å². The zero-order chi connectivity index (χ0) is 15.1. The quantitative estimate of drug-likeness (QED) is 0.743. The van der Waals surface area contributed by atoms with E-state index in [4.69, 9.17) is 11.5 Å². The van der Waals surface area contributed by atoms with Gasteiger partial charge in [0.2, 0.25) is 0 Å². The number of hydrogen-bond donors (Lipinski definition) is 2. The Morgan fingerprint density at radius 1 is 1.00 bits per heavy atom. The van der Waals surface area contributed by atoms with Crippen LogP contribution in [0.5, 0.6) is 0 Å². The van der Waals surface area contributed by atoms with Crippen LogP contribution in [0.15, 0.2) is 36.4 Å². The van der Waals surface area contributed by atoms with Gasteiger partial charge in [0.15, 0.2) is 0 Å². The molecule has 0 saturated carbocycles. The van der Waals surface area contributed by atoms with Gasteiger partial charge in [-0.2, -0.15) is 0 Å². The molecule has 2 aromatic carbocycles. The first kappa shape index (κ1) is 13.4. The Bertz CT molecular complexity index is 983. The van der Waals surface area contributed by atoms with Gasteiger partial charge in [0.1, 0.15) is 0 Å². The lowest BCUT2D eigenvalue weighted by Crippen LogP contribution is -2.38. The summed E-state index contributed by atoms with van der Waals surface area (Å²) in [6.45, 7) is 0. The molecule has 110 valence electrons. The summed E-state index contributed by atoms with van der Waals surface area (Å²) in [7, 11) is 0. The van der Waals surface area contributed by atoms with Gasteiger partial charge in [-0.05, 0) is 63.4 Å². The van der Waals surface area contributed by atoms with Crippen LogP contribution in [-0.4, -0.2) is 6.04 Å². The first-order chi connectivity index (χ1) is 10.7. The zero-order valence-corrected chi connectivity index (χ0v) is 12.5. The largest absolute Gasteiger partial charge is 0.399 e. The number of hydrogen-bond acceptors (Lipinski definition) is 2. The lowest BCUT2D eigenvalue weighted by Gasteiger charge is -2.16. The minimum absolute atomic E-state index is 0.115. The fourth-order valence-corrected chi connectivity index (χ4v) is 3.56. The van der Waals surface area contributed by atoms with Crippen molar-refractivity contribution in [3.63, 3.8) is 0 Å². The molecule has 0 radical (unpaired) electrons. The first-order valence-corrected chi connectivity index (χ1v) is 7.88. The highest BCUT2D eigenvalue weighted by molar-refractivity contribution is 5.71. The lowest BCUT2D eigenvalue weighted by atomic mass is 9.90. The van der Waals surface area contributed by atoms with Gasteiger partial charge in [0.05, 0.1) is 0 Å². The van der Waals surface area contributed by atoms with Crippen LogP contribution >= 0.6 is 0 Å². The van der Waals surface area contributed by atoms with Crippen LogP contribution in [0.2, 0.25) is 0 Å². The molecule has 2 nitrogen and oxygen atoms in total. The minimum Gasteiger partial charge on any atom is -0.399 e. The monoisotopic (exact) mass is 288 g/mol. The summed E-state index contributed by atoms with van der Waals surface area (Å²) in [5.41, 5.74) is 15.7. The minimum atomic E-state index is 0.115. The number of nitrogen functional groups attached to an aromatic ring is 1. The molecule has 0 amide bonds. The van der Waals surface area contributed by atoms with Crippen molar-refractivity contribution in [2.24, 2.45) is 5.73 Å². The summed E-state index contributed by atoms with van der Waals surface area (Å²) in [6, 6.07) is 12.9. The third-order valence-electron chi connectivity index (χ3n) is 4.62. The Morgan fingerprint density at radius 2 is 1.91 bits per heavy atom. The van der Waals surface area contributed by atoms with Gasteiger partial charge < -0.3 is 11.5 Å². The highest BCUT2D eigenvalue weighted by atomic mass is 14.6. The second kappa shape index (κ2) is 5.15. The van der Waals surface area contributed by atoms with Crippen molar-refractivity contribution in [1.29, 1.82) is 0 Å². The molecule has 2 aromatic rings. The van der Waals surface area contributed by atoms with Crippen molar-refractivity contribution in [1.82, 2.24) is 0 Å². The van der Waals surface area contributed by atoms with E-state index in [1.807, 2.05) is 6.07 Å². The van der Waals surface area contributed by atoms with E-state index in [-0.39, 0.29) is 6.04 Å². The Morgan fingerprint density at radius 3 is 2.82 bits per heavy atom. The van der Waals surface area contributed by atoms with Gasteiger partial charge in [-0.3, -0.25) is 0 Å². The Labute approximate surface area is 129 Å². The molecular formula is C20H20N2. The predicted molar refractivity (Wildman–Crippen MR) is 93.5 cm³/mol. The van der Waals surface area contributed by atoms with Crippen molar-refractivity contribution >= 4 is 29.5 Å². The maximum absolute atomic E-state index is 6.14. The molecule has 2 heteroatoms. The van der Waals surface area contributed by atoms with Crippen molar-refractivity contribution in [2.45, 2.75) is 25.3 Å². The van der Waals surface area contributed by atoms with E-state index in [9.17, 15) is 0 Å². The zero-order valence-electron chi connectivity index (χ0n) is 12.5. The molecule has 22 heavy (non-hydrogen) atoms. The first-order valence-electron chi connectivity index (χ1n) is 7.88. The van der Waals surface area contributed by atoms with E-state index in [0.29, 0.717) is 0 Å². The molecule has 4 rings (SSSR count). The number of fused-ring (bicyclic) bond motifs is 2. The molecule has 1 atom stereocenters. The molecular weight excluding hydrogens is 268 g/mol. The van der Waals surface area contributed by atoms with Crippen LogP contribution < -0.4 is 32.3 Å². The van der Waals surface area contributed by atoms with Crippen LogP contribution in [0, 0.1) is 0 Å². The van der Waals surface area contributed by atoms with Gasteiger partial charge in [-0.15, -0.1) is 0 Å². The summed E-state index contributed by atoms with van der Waals surface area (Å²) < 4.78 is 0. The molecule has 0 spiro atoms. The van der Waals surface area contributed by atoms with Gasteiger partial charge in [0.25, 0.3) is 0 Å². The predicted octanol–water partition coefficient (Wildman–Crippen LogP) is 0.334. The van der Waals surface area contributed by atoms with E-state index < -0.39 is 0 Å². The fraction of sp³-hybridized carbons (Fsp3) is 0.200. The summed E-state index contributed by atoms with van der Waals surface area (Å²) in [4.78, 5) is 0. The Balaban J connectivity index is 2.12. The van der Waals surface area contributed by atoms with E-state index in [2.05, 4.69) is 48.6 Å². The molecule has 0 saturated heterocycles. The molecule has 4 N–H and O–H groups in total. The van der Waals surface area contributed by atoms with E-state index in [1.54, 1.807) is 0 Å². The van der Waals surface area contributed by atoms with Crippen LogP contribution in [0.4, 0.5) is 5.69 Å². The summed E-state index contributed by atoms with van der Waals surface area (Å²) >= 11 is 0. The number of benzene rings is 2. The topological polar surface area (TPSA) is 52.0 Å². The Hall–Kier alpha value is -2.32. The molecule has 0 heterocycles. The van der Waals surface area contributed by atoms with Crippen molar-refractivity contribution in [3.05, 3.63) is 62.8 Å². The second-order valence-electron chi connectivity index (χ2n) is 6.15. The standard InChI is InChI=1S/C20H20N2/c21-15-9-7-13-3-1-5-17(19(13)11-15)18-6-2-4-14-8-10-16(22)12-20(14)18/h1,3-5,7-8,10-12,15H,2,6,9,21-22H2/t15-/m0/s1. The SMILES string of the molecule is Nc1ccc2c(c1)=C(c1cccc3c1=C[C@@H](N)CC=3)CCC=2. The molecule has 0 aromatic heterocycles. The van der Waals surface area contributed by atoms with Crippen LogP contribution in [-0.2, 0) is 0 Å². The summed E-state index contributed by atoms with van der Waals surface area (Å²) in [5.74, 6) is 0. The average molecular weight is 288 g/mol. The van der Waals surface area contributed by atoms with Gasteiger partial charge in [-0.1, -0.05) is 42.5 Å². The van der Waals surface area contributed by atoms with Crippen LogP contribution in [0.1, 0.15) is 24.8 Å². The highest BCUT2D eigenvalue weighted by Crippen LogP contribution is 2.16. The summed E-state index contributed by atoms with van der Waals surface area (Å²) in [6.07, 6.45) is 9.81. The Kier molecular flexibility index (Phi) is 3.12.